The fourth-order valence-electron chi connectivity index (χ4n) is 1.49. The summed E-state index contributed by atoms with van der Waals surface area (Å²) in [4.78, 5) is 7.84. The zero-order valence-corrected chi connectivity index (χ0v) is 13.9. The van der Waals surface area contributed by atoms with Gasteiger partial charge in [0.2, 0.25) is 15.3 Å². The van der Waals surface area contributed by atoms with Crippen molar-refractivity contribution >= 4 is 43.4 Å². The molecule has 0 saturated heterocycles. The first-order chi connectivity index (χ1) is 8.84. The summed E-state index contributed by atoms with van der Waals surface area (Å²) >= 11 is 9.00. The molecule has 9 heteroatoms. The average molecular weight is 372 g/mol. The summed E-state index contributed by atoms with van der Waals surface area (Å²) in [5.41, 5.74) is 0. The lowest BCUT2D eigenvalue weighted by Gasteiger charge is -2.17. The number of rotatable bonds is 7. The van der Waals surface area contributed by atoms with E-state index in [1.165, 1.54) is 10.6 Å². The fourth-order valence-corrected chi connectivity index (χ4v) is 2.88. The molecule has 1 aromatic rings. The smallest absolute Gasteiger partial charge is 0.224 e. The first kappa shape index (κ1) is 16.6. The topological polar surface area (TPSA) is 75.2 Å². The molecule has 0 fully saturated rings. The fraction of sp³-hybridized carbons (Fsp3) is 0.600. The summed E-state index contributed by atoms with van der Waals surface area (Å²) in [7, 11) is -3.13. The third kappa shape index (κ3) is 5.60. The van der Waals surface area contributed by atoms with Gasteiger partial charge in [0.25, 0.3) is 0 Å². The Kier molecular flexibility index (Phi) is 6.45. The molecule has 0 aromatic carbocycles. The van der Waals surface area contributed by atoms with Gasteiger partial charge in [-0.2, -0.15) is 4.98 Å². The van der Waals surface area contributed by atoms with Crippen LogP contribution < -0.4 is 5.32 Å². The number of nitrogens with zero attached hydrogens (tertiary/aromatic N) is 3. The van der Waals surface area contributed by atoms with Crippen LogP contribution in [0.4, 0.5) is 5.82 Å². The van der Waals surface area contributed by atoms with Gasteiger partial charge in [-0.05, 0) is 34.0 Å². The third-order valence-corrected chi connectivity index (χ3v) is 4.55. The zero-order valence-electron chi connectivity index (χ0n) is 10.7. The molecule has 19 heavy (non-hydrogen) atoms. The Balaban J connectivity index is 2.45. The summed E-state index contributed by atoms with van der Waals surface area (Å²) < 4.78 is 24.9. The molecule has 0 saturated carbocycles. The Morgan fingerprint density at radius 3 is 2.79 bits per heavy atom. The average Bonchev–Trinajstić information content (AvgIpc) is 2.31. The molecule has 1 aromatic heterocycles. The van der Waals surface area contributed by atoms with Gasteiger partial charge in [-0.15, -0.1) is 0 Å². The molecule has 0 bridgehead atoms. The van der Waals surface area contributed by atoms with Crippen molar-refractivity contribution in [1.82, 2.24) is 14.3 Å². The van der Waals surface area contributed by atoms with E-state index in [-0.39, 0.29) is 5.28 Å². The van der Waals surface area contributed by atoms with Gasteiger partial charge in [-0.3, -0.25) is 0 Å². The predicted octanol–water partition coefficient (Wildman–Crippen LogP) is 1.98. The van der Waals surface area contributed by atoms with Gasteiger partial charge in [0.05, 0.1) is 10.7 Å². The Morgan fingerprint density at radius 1 is 1.53 bits per heavy atom. The van der Waals surface area contributed by atoms with Crippen LogP contribution in [0.1, 0.15) is 13.3 Å². The van der Waals surface area contributed by atoms with Gasteiger partial charge in [-0.25, -0.2) is 17.7 Å². The molecule has 6 nitrogen and oxygen atoms in total. The van der Waals surface area contributed by atoms with Crippen LogP contribution >= 0.6 is 27.5 Å². The van der Waals surface area contributed by atoms with Gasteiger partial charge >= 0.3 is 0 Å². The Morgan fingerprint density at radius 2 is 2.21 bits per heavy atom. The lowest BCUT2D eigenvalue weighted by atomic mass is 10.4. The second-order valence-electron chi connectivity index (χ2n) is 3.87. The van der Waals surface area contributed by atoms with E-state index in [4.69, 9.17) is 11.6 Å². The predicted molar refractivity (Wildman–Crippen MR) is 79.9 cm³/mol. The summed E-state index contributed by atoms with van der Waals surface area (Å²) in [6.45, 7) is 3.36. The van der Waals surface area contributed by atoms with E-state index in [2.05, 4.69) is 31.2 Å². The molecule has 0 spiro atoms. The summed E-state index contributed by atoms with van der Waals surface area (Å²) in [6, 6.07) is 0. The summed E-state index contributed by atoms with van der Waals surface area (Å²) in [5.74, 6) is 0.599. The number of sulfonamides is 1. The van der Waals surface area contributed by atoms with Crippen LogP contribution in [0.25, 0.3) is 0 Å². The molecule has 0 atom stereocenters. The van der Waals surface area contributed by atoms with Crippen molar-refractivity contribution < 1.29 is 8.42 Å². The molecule has 0 unspecified atom stereocenters. The number of anilines is 1. The molecule has 1 rings (SSSR count). The van der Waals surface area contributed by atoms with Crippen molar-refractivity contribution in [3.8, 4) is 0 Å². The van der Waals surface area contributed by atoms with Crippen LogP contribution in [0, 0.1) is 0 Å². The van der Waals surface area contributed by atoms with Crippen molar-refractivity contribution in [3.63, 3.8) is 0 Å². The van der Waals surface area contributed by atoms with Crippen molar-refractivity contribution in [3.05, 3.63) is 16.0 Å². The lowest BCUT2D eigenvalue weighted by molar-refractivity contribution is 0.428. The molecule has 1 heterocycles. The number of aromatic nitrogens is 2. The number of nitrogens with one attached hydrogen (secondary N) is 1. The quantitative estimate of drug-likeness (QED) is 0.586. The lowest BCUT2D eigenvalue weighted by Crippen LogP contribution is -2.31. The second-order valence-corrected chi connectivity index (χ2v) is 7.05. The molecule has 108 valence electrons. The molecule has 0 aliphatic heterocycles. The molecular formula is C10H16BrClN4O2S. The van der Waals surface area contributed by atoms with Gasteiger partial charge in [-0.1, -0.05) is 6.92 Å². The van der Waals surface area contributed by atoms with Crippen LogP contribution in [-0.4, -0.2) is 48.6 Å². The maximum Gasteiger partial charge on any atom is 0.224 e. The van der Waals surface area contributed by atoms with Crippen LogP contribution in [0.5, 0.6) is 0 Å². The van der Waals surface area contributed by atoms with E-state index in [1.807, 2.05) is 6.92 Å². The van der Waals surface area contributed by atoms with E-state index >= 15 is 0 Å². The Labute approximate surface area is 126 Å². The first-order valence-electron chi connectivity index (χ1n) is 5.71. The highest BCUT2D eigenvalue weighted by Gasteiger charge is 2.13. The highest BCUT2D eigenvalue weighted by Crippen LogP contribution is 2.19. The van der Waals surface area contributed by atoms with Crippen LogP contribution in [0.2, 0.25) is 5.28 Å². The third-order valence-electron chi connectivity index (χ3n) is 2.41. The summed E-state index contributed by atoms with van der Waals surface area (Å²) in [6.07, 6.45) is 3.45. The molecule has 0 aliphatic carbocycles. The molecule has 0 amide bonds. The normalized spacial score (nSPS) is 11.8. The van der Waals surface area contributed by atoms with Crippen LogP contribution in [0.15, 0.2) is 10.7 Å². The van der Waals surface area contributed by atoms with Gasteiger partial charge in [0, 0.05) is 25.8 Å². The SMILES string of the molecule is CCN(CCCNc1nc(Cl)ncc1Br)S(C)(=O)=O. The Hall–Kier alpha value is -0.440. The largest absolute Gasteiger partial charge is 0.369 e. The zero-order chi connectivity index (χ0) is 14.5. The maximum absolute atomic E-state index is 11.4. The van der Waals surface area contributed by atoms with E-state index in [9.17, 15) is 8.42 Å². The number of halogens is 2. The molecular weight excluding hydrogens is 356 g/mol. The minimum absolute atomic E-state index is 0.164. The van der Waals surface area contributed by atoms with Crippen molar-refractivity contribution in [2.45, 2.75) is 13.3 Å². The van der Waals surface area contributed by atoms with Gasteiger partial charge < -0.3 is 5.32 Å². The van der Waals surface area contributed by atoms with E-state index in [0.717, 1.165) is 0 Å². The number of hydrogen-bond acceptors (Lipinski definition) is 5. The van der Waals surface area contributed by atoms with Gasteiger partial charge in [0.1, 0.15) is 5.82 Å². The van der Waals surface area contributed by atoms with E-state index in [1.54, 1.807) is 6.20 Å². The van der Waals surface area contributed by atoms with Crippen molar-refractivity contribution in [2.24, 2.45) is 0 Å². The molecule has 0 radical (unpaired) electrons. The second kappa shape index (κ2) is 7.37. The van der Waals surface area contributed by atoms with E-state index in [0.29, 0.717) is 36.3 Å². The monoisotopic (exact) mass is 370 g/mol. The van der Waals surface area contributed by atoms with E-state index < -0.39 is 10.0 Å². The van der Waals surface area contributed by atoms with Crippen molar-refractivity contribution in [2.75, 3.05) is 31.2 Å². The minimum Gasteiger partial charge on any atom is -0.369 e. The van der Waals surface area contributed by atoms with Crippen molar-refractivity contribution in [1.29, 1.82) is 0 Å². The molecule has 1 N–H and O–H groups in total. The maximum atomic E-state index is 11.4. The summed E-state index contributed by atoms with van der Waals surface area (Å²) in [5, 5.41) is 3.24. The standard InChI is InChI=1S/C10H16BrClN4O2S/c1-3-16(19(2,17)18)6-4-5-13-9-8(11)7-14-10(12)15-9/h7H,3-6H2,1-2H3,(H,13,14,15). The Bertz CT molecular complexity index is 526. The molecule has 0 aliphatic rings. The number of hydrogen-bond donors (Lipinski definition) is 1. The highest BCUT2D eigenvalue weighted by atomic mass is 79.9. The first-order valence-corrected chi connectivity index (χ1v) is 8.73. The van der Waals surface area contributed by atoms with Crippen LogP contribution in [0.3, 0.4) is 0 Å². The highest BCUT2D eigenvalue weighted by molar-refractivity contribution is 9.10. The minimum atomic E-state index is -3.13. The van der Waals surface area contributed by atoms with Crippen LogP contribution in [-0.2, 0) is 10.0 Å². The van der Waals surface area contributed by atoms with Gasteiger partial charge in [0.15, 0.2) is 0 Å².